The summed E-state index contributed by atoms with van der Waals surface area (Å²) in [5.41, 5.74) is 1.29. The molecular formula is C19H11N3OS. The van der Waals surface area contributed by atoms with Crippen molar-refractivity contribution >= 4 is 33.8 Å². The molecule has 0 bridgehead atoms. The largest absolute Gasteiger partial charge is 0.333 e. The van der Waals surface area contributed by atoms with Crippen molar-refractivity contribution in [1.82, 2.24) is 10.1 Å². The second-order valence-electron chi connectivity index (χ2n) is 5.14. The lowest BCUT2D eigenvalue weighted by molar-refractivity contribution is 0.409. The molecule has 4 rings (SSSR count). The van der Waals surface area contributed by atoms with Gasteiger partial charge in [-0.1, -0.05) is 53.7 Å². The first-order valence-electron chi connectivity index (χ1n) is 7.33. The maximum Gasteiger partial charge on any atom is 0.268 e. The summed E-state index contributed by atoms with van der Waals surface area (Å²) in [7, 11) is 0. The van der Waals surface area contributed by atoms with Crippen LogP contribution in [0.5, 0.6) is 0 Å². The van der Waals surface area contributed by atoms with Gasteiger partial charge in [0.1, 0.15) is 11.6 Å². The Kier molecular flexibility index (Phi) is 3.66. The standard InChI is InChI=1S/C19H11N3OS/c20-12-15(19-21-18(22-23-19)17-9-4-10-24-17)11-14-7-3-6-13-5-1-2-8-16(13)14/h1-11H/b15-11+. The first kappa shape index (κ1) is 14.4. The van der Waals surface area contributed by atoms with E-state index in [1.54, 1.807) is 6.08 Å². The maximum absolute atomic E-state index is 9.51. The molecule has 4 nitrogen and oxygen atoms in total. The molecule has 0 amide bonds. The van der Waals surface area contributed by atoms with E-state index in [-0.39, 0.29) is 5.89 Å². The summed E-state index contributed by atoms with van der Waals surface area (Å²) < 4.78 is 5.28. The smallest absolute Gasteiger partial charge is 0.268 e. The van der Waals surface area contributed by atoms with Crippen LogP contribution in [0.25, 0.3) is 33.1 Å². The van der Waals surface area contributed by atoms with Crippen molar-refractivity contribution in [2.24, 2.45) is 0 Å². The zero-order chi connectivity index (χ0) is 16.4. The van der Waals surface area contributed by atoms with Crippen LogP contribution in [0.4, 0.5) is 0 Å². The SMILES string of the molecule is N#C/C(=C\c1cccc2ccccc12)c1nc(-c2cccs2)no1. The van der Waals surface area contributed by atoms with Crippen molar-refractivity contribution in [3.05, 3.63) is 71.4 Å². The van der Waals surface area contributed by atoms with Crippen LogP contribution in [0.1, 0.15) is 11.5 Å². The van der Waals surface area contributed by atoms with Gasteiger partial charge in [-0.3, -0.25) is 0 Å². The normalized spacial score (nSPS) is 11.5. The van der Waals surface area contributed by atoms with Crippen LogP contribution in [-0.2, 0) is 0 Å². The van der Waals surface area contributed by atoms with Gasteiger partial charge >= 0.3 is 0 Å². The Hall–Kier alpha value is -3.23. The first-order valence-corrected chi connectivity index (χ1v) is 8.20. The summed E-state index contributed by atoms with van der Waals surface area (Å²) in [6.07, 6.45) is 1.79. The highest BCUT2D eigenvalue weighted by Gasteiger charge is 2.14. The summed E-state index contributed by atoms with van der Waals surface area (Å²) in [5, 5.41) is 17.6. The predicted molar refractivity (Wildman–Crippen MR) is 95.0 cm³/mol. The molecule has 0 atom stereocenters. The monoisotopic (exact) mass is 329 g/mol. The molecule has 0 saturated heterocycles. The van der Waals surface area contributed by atoms with Crippen LogP contribution in [0.2, 0.25) is 0 Å². The number of nitrogens with zero attached hydrogens (tertiary/aromatic N) is 3. The van der Waals surface area contributed by atoms with E-state index in [9.17, 15) is 5.26 Å². The highest BCUT2D eigenvalue weighted by Crippen LogP contribution is 2.26. The van der Waals surface area contributed by atoms with Crippen molar-refractivity contribution in [2.45, 2.75) is 0 Å². The summed E-state index contributed by atoms with van der Waals surface area (Å²) in [6.45, 7) is 0. The summed E-state index contributed by atoms with van der Waals surface area (Å²) >= 11 is 1.53. The molecule has 0 aliphatic heterocycles. The number of nitriles is 1. The minimum atomic E-state index is 0.230. The molecule has 0 fully saturated rings. The van der Waals surface area contributed by atoms with E-state index in [0.29, 0.717) is 11.4 Å². The van der Waals surface area contributed by atoms with Crippen molar-refractivity contribution in [1.29, 1.82) is 5.26 Å². The van der Waals surface area contributed by atoms with Gasteiger partial charge in [-0.2, -0.15) is 10.2 Å². The van der Waals surface area contributed by atoms with Crippen LogP contribution >= 0.6 is 11.3 Å². The molecule has 114 valence electrons. The van der Waals surface area contributed by atoms with Gasteiger partial charge < -0.3 is 4.52 Å². The second kappa shape index (κ2) is 6.11. The van der Waals surface area contributed by atoms with Gasteiger partial charge in [0.15, 0.2) is 0 Å². The molecule has 2 aromatic heterocycles. The lowest BCUT2D eigenvalue weighted by Crippen LogP contribution is -1.84. The zero-order valence-electron chi connectivity index (χ0n) is 12.5. The van der Waals surface area contributed by atoms with Gasteiger partial charge in [-0.05, 0) is 33.9 Å². The fourth-order valence-electron chi connectivity index (χ4n) is 2.51. The molecule has 0 aliphatic carbocycles. The van der Waals surface area contributed by atoms with Crippen LogP contribution < -0.4 is 0 Å². The van der Waals surface area contributed by atoms with E-state index in [4.69, 9.17) is 4.52 Å². The molecule has 5 heteroatoms. The third kappa shape index (κ3) is 2.60. The Balaban J connectivity index is 1.78. The molecule has 2 heterocycles. The Morgan fingerprint density at radius 3 is 2.79 bits per heavy atom. The van der Waals surface area contributed by atoms with Gasteiger partial charge in [-0.15, -0.1) is 11.3 Å². The molecule has 0 spiro atoms. The fraction of sp³-hybridized carbons (Fsp3) is 0. The number of allylic oxidation sites excluding steroid dienone is 1. The zero-order valence-corrected chi connectivity index (χ0v) is 13.3. The maximum atomic E-state index is 9.51. The molecular weight excluding hydrogens is 318 g/mol. The van der Waals surface area contributed by atoms with Crippen LogP contribution in [0.3, 0.4) is 0 Å². The van der Waals surface area contributed by atoms with Crippen LogP contribution in [-0.4, -0.2) is 10.1 Å². The molecule has 2 aromatic carbocycles. The Morgan fingerprint density at radius 2 is 1.96 bits per heavy atom. The Bertz CT molecular complexity index is 1070. The van der Waals surface area contributed by atoms with Crippen molar-refractivity contribution in [3.63, 3.8) is 0 Å². The lowest BCUT2D eigenvalue weighted by Gasteiger charge is -2.02. The molecule has 0 radical (unpaired) electrons. The van der Waals surface area contributed by atoms with Crippen LogP contribution in [0.15, 0.2) is 64.5 Å². The molecule has 0 saturated carbocycles. The summed E-state index contributed by atoms with van der Waals surface area (Å²) in [4.78, 5) is 5.25. The fourth-order valence-corrected chi connectivity index (χ4v) is 3.16. The number of aromatic nitrogens is 2. The molecule has 0 unspecified atom stereocenters. The number of fused-ring (bicyclic) bond motifs is 1. The highest BCUT2D eigenvalue weighted by molar-refractivity contribution is 7.13. The topological polar surface area (TPSA) is 62.7 Å². The average Bonchev–Trinajstić information content (AvgIpc) is 3.31. The van der Waals surface area contributed by atoms with Crippen molar-refractivity contribution in [3.8, 4) is 16.8 Å². The number of hydrogen-bond acceptors (Lipinski definition) is 5. The third-order valence-electron chi connectivity index (χ3n) is 3.64. The van der Waals surface area contributed by atoms with Gasteiger partial charge in [0, 0.05) is 0 Å². The second-order valence-corrected chi connectivity index (χ2v) is 6.09. The average molecular weight is 329 g/mol. The quantitative estimate of drug-likeness (QED) is 0.495. The predicted octanol–water partition coefficient (Wildman–Crippen LogP) is 5.02. The third-order valence-corrected chi connectivity index (χ3v) is 4.51. The minimum Gasteiger partial charge on any atom is -0.333 e. The Labute approximate surface area is 142 Å². The number of benzene rings is 2. The number of thiophene rings is 1. The van der Waals surface area contributed by atoms with E-state index in [2.05, 4.69) is 16.2 Å². The van der Waals surface area contributed by atoms with Crippen molar-refractivity contribution < 1.29 is 4.52 Å². The number of rotatable bonds is 3. The highest BCUT2D eigenvalue weighted by atomic mass is 32.1. The van der Waals surface area contributed by atoms with E-state index < -0.39 is 0 Å². The van der Waals surface area contributed by atoms with E-state index in [1.165, 1.54) is 11.3 Å². The molecule has 4 aromatic rings. The Morgan fingerprint density at radius 1 is 1.08 bits per heavy atom. The minimum absolute atomic E-state index is 0.230. The van der Waals surface area contributed by atoms with Crippen molar-refractivity contribution in [2.75, 3.05) is 0 Å². The van der Waals surface area contributed by atoms with Gasteiger partial charge in [0.25, 0.3) is 5.89 Å². The summed E-state index contributed by atoms with van der Waals surface area (Å²) in [5.74, 6) is 0.730. The van der Waals surface area contributed by atoms with Gasteiger partial charge in [0.05, 0.1) is 4.88 Å². The van der Waals surface area contributed by atoms with E-state index in [0.717, 1.165) is 21.2 Å². The first-order chi connectivity index (χ1) is 11.8. The van der Waals surface area contributed by atoms with E-state index >= 15 is 0 Å². The number of hydrogen-bond donors (Lipinski definition) is 0. The summed E-state index contributed by atoms with van der Waals surface area (Å²) in [6, 6.07) is 20.0. The van der Waals surface area contributed by atoms with Crippen LogP contribution in [0, 0.1) is 11.3 Å². The van der Waals surface area contributed by atoms with Gasteiger partial charge in [-0.25, -0.2) is 0 Å². The van der Waals surface area contributed by atoms with Gasteiger partial charge in [0.2, 0.25) is 5.82 Å². The lowest BCUT2D eigenvalue weighted by atomic mass is 10.0. The molecule has 0 aliphatic rings. The molecule has 24 heavy (non-hydrogen) atoms. The molecule has 0 N–H and O–H groups in total. The van der Waals surface area contributed by atoms with E-state index in [1.807, 2.05) is 60.0 Å².